The van der Waals surface area contributed by atoms with Gasteiger partial charge in [-0.05, 0) is 12.1 Å². The fourth-order valence-corrected chi connectivity index (χ4v) is 1.46. The summed E-state index contributed by atoms with van der Waals surface area (Å²) in [6.07, 6.45) is 4.99. The third-order valence-electron chi connectivity index (χ3n) is 2.32. The van der Waals surface area contributed by atoms with Crippen molar-refractivity contribution in [3.05, 3.63) is 36.3 Å². The lowest BCUT2D eigenvalue weighted by Crippen LogP contribution is -2.15. The summed E-state index contributed by atoms with van der Waals surface area (Å²) in [7, 11) is 1.34. The van der Waals surface area contributed by atoms with E-state index in [2.05, 4.69) is 25.3 Å². The normalized spacial score (nSPS) is 10.1. The maximum Gasteiger partial charge on any atom is 0.341 e. The van der Waals surface area contributed by atoms with Gasteiger partial charge in [-0.2, -0.15) is 0 Å². The van der Waals surface area contributed by atoms with Crippen LogP contribution < -0.4 is 5.32 Å². The monoisotopic (exact) mass is 247 g/mol. The number of aromatic nitrogens is 4. The molecule has 0 amide bonds. The number of ether oxygens (including phenoxy) is 1. The van der Waals surface area contributed by atoms with Crippen LogP contribution in [0, 0.1) is 0 Å². The predicted octanol–water partition coefficient (Wildman–Crippen LogP) is 0.572. The summed E-state index contributed by atoms with van der Waals surface area (Å²) in [6.45, 7) is 1.22. The molecule has 18 heavy (non-hydrogen) atoms. The Balaban J connectivity index is 1.98. The molecule has 0 unspecified atom stereocenters. The lowest BCUT2D eigenvalue weighted by Gasteiger charge is -2.08. The molecule has 0 spiro atoms. The first-order valence-electron chi connectivity index (χ1n) is 5.42. The Bertz CT molecular complexity index is 512. The number of hydrogen-bond acceptors (Lipinski definition) is 6. The highest BCUT2D eigenvalue weighted by molar-refractivity contribution is 5.94. The molecule has 0 saturated carbocycles. The van der Waals surface area contributed by atoms with Crippen molar-refractivity contribution in [3.8, 4) is 0 Å². The van der Waals surface area contributed by atoms with Crippen LogP contribution >= 0.6 is 0 Å². The second kappa shape index (κ2) is 5.76. The zero-order valence-electron chi connectivity index (χ0n) is 9.91. The van der Waals surface area contributed by atoms with Gasteiger partial charge in [-0.25, -0.2) is 9.78 Å². The lowest BCUT2D eigenvalue weighted by molar-refractivity contribution is 0.0601. The average molecular weight is 247 g/mol. The molecule has 0 aliphatic rings. The highest BCUT2D eigenvalue weighted by atomic mass is 16.5. The van der Waals surface area contributed by atoms with Gasteiger partial charge >= 0.3 is 5.97 Å². The summed E-state index contributed by atoms with van der Waals surface area (Å²) in [5.74, 6) is 0.0934. The number of carbonyl (C=O) groups is 1. The molecule has 0 fully saturated rings. The van der Waals surface area contributed by atoms with E-state index in [0.29, 0.717) is 24.5 Å². The number of pyridine rings is 1. The van der Waals surface area contributed by atoms with E-state index in [1.54, 1.807) is 35.4 Å². The molecule has 7 nitrogen and oxygen atoms in total. The lowest BCUT2D eigenvalue weighted by atomic mass is 10.2. The Hall–Kier alpha value is -2.44. The van der Waals surface area contributed by atoms with Gasteiger partial charge in [0.15, 0.2) is 0 Å². The minimum Gasteiger partial charge on any atom is -0.465 e. The van der Waals surface area contributed by atoms with E-state index in [9.17, 15) is 4.79 Å². The van der Waals surface area contributed by atoms with Crippen LogP contribution in [0.25, 0.3) is 0 Å². The van der Waals surface area contributed by atoms with Crippen molar-refractivity contribution >= 4 is 11.8 Å². The largest absolute Gasteiger partial charge is 0.465 e. The fourth-order valence-electron chi connectivity index (χ4n) is 1.46. The summed E-state index contributed by atoms with van der Waals surface area (Å²) in [4.78, 5) is 15.6. The Morgan fingerprint density at radius 3 is 3.11 bits per heavy atom. The molecule has 0 aromatic carbocycles. The minimum atomic E-state index is -0.411. The number of anilines is 1. The first-order valence-corrected chi connectivity index (χ1v) is 5.42. The average Bonchev–Trinajstić information content (AvgIpc) is 2.92. The van der Waals surface area contributed by atoms with Gasteiger partial charge in [0.05, 0.1) is 19.9 Å². The summed E-state index contributed by atoms with van der Waals surface area (Å²) < 4.78 is 6.37. The van der Waals surface area contributed by atoms with Gasteiger partial charge in [0, 0.05) is 18.9 Å². The van der Waals surface area contributed by atoms with Crippen LogP contribution in [0.15, 0.2) is 30.7 Å². The zero-order valence-corrected chi connectivity index (χ0v) is 9.91. The Labute approximate surface area is 104 Å². The summed E-state index contributed by atoms with van der Waals surface area (Å²) in [5.41, 5.74) is 0.415. The van der Waals surface area contributed by atoms with E-state index in [1.807, 2.05) is 0 Å². The SMILES string of the molecule is COC(=O)c1cccnc1NCCn1ccnn1. The van der Waals surface area contributed by atoms with Gasteiger partial charge in [0.2, 0.25) is 0 Å². The van der Waals surface area contributed by atoms with E-state index < -0.39 is 5.97 Å². The maximum absolute atomic E-state index is 11.5. The van der Waals surface area contributed by atoms with Crippen molar-refractivity contribution in [2.45, 2.75) is 6.54 Å². The smallest absolute Gasteiger partial charge is 0.341 e. The van der Waals surface area contributed by atoms with Gasteiger partial charge in [0.25, 0.3) is 0 Å². The molecule has 0 saturated heterocycles. The number of hydrogen-bond donors (Lipinski definition) is 1. The van der Waals surface area contributed by atoms with Crippen molar-refractivity contribution in [2.24, 2.45) is 0 Å². The van der Waals surface area contributed by atoms with Crippen molar-refractivity contribution < 1.29 is 9.53 Å². The topological polar surface area (TPSA) is 81.9 Å². The highest BCUT2D eigenvalue weighted by Crippen LogP contribution is 2.12. The quantitative estimate of drug-likeness (QED) is 0.778. The first kappa shape index (κ1) is 12.0. The maximum atomic E-state index is 11.5. The summed E-state index contributed by atoms with van der Waals surface area (Å²) >= 11 is 0. The molecule has 2 rings (SSSR count). The second-order valence-electron chi connectivity index (χ2n) is 3.48. The van der Waals surface area contributed by atoms with Crippen molar-refractivity contribution in [1.82, 2.24) is 20.0 Å². The molecule has 0 bridgehead atoms. The standard InChI is InChI=1S/C11H13N5O2/c1-18-11(17)9-3-2-4-12-10(9)13-5-7-16-8-6-14-15-16/h2-4,6,8H,5,7H2,1H3,(H,12,13). The Morgan fingerprint density at radius 2 is 2.39 bits per heavy atom. The van der Waals surface area contributed by atoms with Crippen LogP contribution in [0.4, 0.5) is 5.82 Å². The summed E-state index contributed by atoms with van der Waals surface area (Å²) in [6, 6.07) is 3.35. The second-order valence-corrected chi connectivity index (χ2v) is 3.48. The molecule has 2 aromatic rings. The predicted molar refractivity (Wildman–Crippen MR) is 64.1 cm³/mol. The number of esters is 1. The molecule has 0 atom stereocenters. The van der Waals surface area contributed by atoms with Crippen LogP contribution in [0.2, 0.25) is 0 Å². The van der Waals surface area contributed by atoms with Crippen molar-refractivity contribution in [2.75, 3.05) is 19.0 Å². The van der Waals surface area contributed by atoms with Crippen LogP contribution in [0.1, 0.15) is 10.4 Å². The van der Waals surface area contributed by atoms with E-state index >= 15 is 0 Å². The number of rotatable bonds is 5. The van der Waals surface area contributed by atoms with Crippen LogP contribution in [-0.4, -0.2) is 39.6 Å². The van der Waals surface area contributed by atoms with Gasteiger partial charge < -0.3 is 10.1 Å². The van der Waals surface area contributed by atoms with Gasteiger partial charge in [-0.15, -0.1) is 5.10 Å². The third-order valence-corrected chi connectivity index (χ3v) is 2.32. The van der Waals surface area contributed by atoms with Crippen LogP contribution in [-0.2, 0) is 11.3 Å². The molecule has 94 valence electrons. The number of methoxy groups -OCH3 is 1. The van der Waals surface area contributed by atoms with E-state index in [4.69, 9.17) is 0 Å². The molecule has 0 aliphatic carbocycles. The minimum absolute atomic E-state index is 0.411. The van der Waals surface area contributed by atoms with E-state index in [1.165, 1.54) is 7.11 Å². The van der Waals surface area contributed by atoms with Crippen molar-refractivity contribution in [3.63, 3.8) is 0 Å². The number of carbonyl (C=O) groups excluding carboxylic acids is 1. The molecule has 1 N–H and O–H groups in total. The highest BCUT2D eigenvalue weighted by Gasteiger charge is 2.11. The zero-order chi connectivity index (χ0) is 12.8. The molecular weight excluding hydrogens is 234 g/mol. The van der Waals surface area contributed by atoms with Gasteiger partial charge in [-0.1, -0.05) is 5.21 Å². The summed E-state index contributed by atoms with van der Waals surface area (Å²) in [5, 5.41) is 10.6. The molecule has 2 aromatic heterocycles. The van der Waals surface area contributed by atoms with Gasteiger partial charge in [-0.3, -0.25) is 4.68 Å². The Morgan fingerprint density at radius 1 is 1.50 bits per heavy atom. The molecule has 0 radical (unpaired) electrons. The van der Waals surface area contributed by atoms with E-state index in [0.717, 1.165) is 0 Å². The van der Waals surface area contributed by atoms with Crippen molar-refractivity contribution in [1.29, 1.82) is 0 Å². The molecule has 0 aliphatic heterocycles. The molecule has 7 heteroatoms. The third kappa shape index (κ3) is 2.82. The van der Waals surface area contributed by atoms with E-state index in [-0.39, 0.29) is 0 Å². The Kier molecular flexibility index (Phi) is 3.85. The molecule has 2 heterocycles. The molecular formula is C11H13N5O2. The van der Waals surface area contributed by atoms with Crippen LogP contribution in [0.5, 0.6) is 0 Å². The first-order chi connectivity index (χ1) is 8.81. The number of nitrogens with one attached hydrogen (secondary N) is 1. The van der Waals surface area contributed by atoms with Crippen LogP contribution in [0.3, 0.4) is 0 Å². The number of nitrogens with zero attached hydrogens (tertiary/aromatic N) is 4. The van der Waals surface area contributed by atoms with Gasteiger partial charge in [0.1, 0.15) is 11.4 Å². The fraction of sp³-hybridized carbons (Fsp3) is 0.273.